The first-order valence-electron chi connectivity index (χ1n) is 10.0. The smallest absolute Gasteiger partial charge is 0.325 e. The molecule has 0 saturated carbocycles. The fourth-order valence-corrected chi connectivity index (χ4v) is 5.24. The average Bonchev–Trinajstić information content (AvgIpc) is 2.91. The number of rotatable bonds is 9. The number of nitrogens with zero attached hydrogens (tertiary/aromatic N) is 4. The number of methoxy groups -OCH3 is 1. The Morgan fingerprint density at radius 3 is 1.81 bits per heavy atom. The van der Waals surface area contributed by atoms with E-state index in [9.17, 15) is 9.59 Å². The van der Waals surface area contributed by atoms with Crippen molar-refractivity contribution in [1.82, 2.24) is 19.6 Å². The minimum Gasteiger partial charge on any atom is -0.364 e. The average molecular weight is 369 g/mol. The fourth-order valence-electron chi connectivity index (χ4n) is 5.24. The minimum atomic E-state index is -0.697. The summed E-state index contributed by atoms with van der Waals surface area (Å²) in [6.07, 6.45) is 2.31. The van der Waals surface area contributed by atoms with Crippen molar-refractivity contribution < 1.29 is 14.3 Å². The molecule has 0 radical (unpaired) electrons. The van der Waals surface area contributed by atoms with Crippen LogP contribution in [0.2, 0.25) is 0 Å². The van der Waals surface area contributed by atoms with Crippen molar-refractivity contribution in [1.29, 1.82) is 0 Å². The van der Waals surface area contributed by atoms with E-state index in [2.05, 4.69) is 27.7 Å². The molecule has 2 rings (SSSR count). The molecule has 0 aromatic heterocycles. The number of ether oxygens (including phenoxy) is 1. The van der Waals surface area contributed by atoms with E-state index in [1.54, 1.807) is 12.0 Å². The van der Waals surface area contributed by atoms with Crippen molar-refractivity contribution >= 4 is 12.1 Å². The maximum absolute atomic E-state index is 13.5. The van der Waals surface area contributed by atoms with E-state index in [1.165, 1.54) is 0 Å². The van der Waals surface area contributed by atoms with Gasteiger partial charge in [-0.2, -0.15) is 0 Å². The van der Waals surface area contributed by atoms with E-state index in [1.807, 2.05) is 28.5 Å². The molecule has 26 heavy (non-hydrogen) atoms. The summed E-state index contributed by atoms with van der Waals surface area (Å²) in [4.78, 5) is 34.5. The zero-order chi connectivity index (χ0) is 19.7. The van der Waals surface area contributed by atoms with Crippen LogP contribution in [0, 0.1) is 5.92 Å². The number of amides is 4. The lowest BCUT2D eigenvalue weighted by Gasteiger charge is -2.49. The van der Waals surface area contributed by atoms with Crippen LogP contribution in [-0.2, 0) is 4.74 Å². The highest BCUT2D eigenvalue weighted by Crippen LogP contribution is 2.55. The molecule has 0 N–H and O–H groups in total. The summed E-state index contributed by atoms with van der Waals surface area (Å²) in [6, 6.07) is -0.00657. The number of fused-ring (bicyclic) bond motifs is 1. The summed E-state index contributed by atoms with van der Waals surface area (Å²) in [5.74, 6) is 0.314. The van der Waals surface area contributed by atoms with Crippen LogP contribution in [0.4, 0.5) is 9.59 Å². The summed E-state index contributed by atoms with van der Waals surface area (Å²) >= 11 is 0. The van der Waals surface area contributed by atoms with E-state index >= 15 is 0 Å². The summed E-state index contributed by atoms with van der Waals surface area (Å²) in [7, 11) is 1.61. The van der Waals surface area contributed by atoms with Crippen molar-refractivity contribution in [2.75, 3.05) is 33.5 Å². The fraction of sp³-hybridized carbons (Fsp3) is 0.895. The third kappa shape index (κ3) is 2.42. The summed E-state index contributed by atoms with van der Waals surface area (Å²) in [6.45, 7) is 14.4. The molecule has 0 spiro atoms. The van der Waals surface area contributed by atoms with Crippen LogP contribution in [0.1, 0.15) is 60.8 Å². The first-order valence-corrected chi connectivity index (χ1v) is 10.0. The number of likely N-dealkylation sites (N-methyl/N-ethyl adjacent to an activating group) is 2. The molecule has 0 aromatic rings. The number of hydrogen-bond acceptors (Lipinski definition) is 3. The van der Waals surface area contributed by atoms with Gasteiger partial charge in [0.1, 0.15) is 6.73 Å². The molecule has 7 heteroatoms. The van der Waals surface area contributed by atoms with Gasteiger partial charge in [-0.25, -0.2) is 9.59 Å². The van der Waals surface area contributed by atoms with Crippen LogP contribution in [-0.4, -0.2) is 76.5 Å². The zero-order valence-corrected chi connectivity index (χ0v) is 17.5. The molecule has 7 nitrogen and oxygen atoms in total. The molecule has 2 heterocycles. The van der Waals surface area contributed by atoms with Gasteiger partial charge in [0, 0.05) is 26.7 Å². The van der Waals surface area contributed by atoms with Crippen LogP contribution in [0.15, 0.2) is 0 Å². The Kier molecular flexibility index (Phi) is 6.10. The van der Waals surface area contributed by atoms with Gasteiger partial charge in [-0.3, -0.25) is 19.6 Å². The highest BCUT2D eigenvalue weighted by molar-refractivity contribution is 5.88. The highest BCUT2D eigenvalue weighted by atomic mass is 16.5. The molecule has 2 aliphatic heterocycles. The number of carbonyl (C=O) groups excluding carboxylic acids is 2. The maximum atomic E-state index is 13.5. The van der Waals surface area contributed by atoms with Crippen molar-refractivity contribution in [3.05, 3.63) is 0 Å². The molecule has 150 valence electrons. The molecule has 2 saturated heterocycles. The standard InChI is InChI=1S/C19H36N4O3/c1-8-12-19-18(9-2,21(11-4)17(25)23(19)14-26-7)20(10-3)16(24)22(19)13-15(5)6/h15H,8-14H2,1-7H3. The Morgan fingerprint density at radius 2 is 1.42 bits per heavy atom. The second-order valence-corrected chi connectivity index (χ2v) is 7.64. The predicted molar refractivity (Wildman–Crippen MR) is 101 cm³/mol. The topological polar surface area (TPSA) is 56.3 Å². The minimum absolute atomic E-state index is 0.0311. The Bertz CT molecular complexity index is 541. The Labute approximate surface area is 158 Å². The molecular weight excluding hydrogens is 332 g/mol. The molecule has 0 bridgehead atoms. The van der Waals surface area contributed by atoms with E-state index in [-0.39, 0.29) is 18.8 Å². The molecule has 0 aliphatic carbocycles. The summed E-state index contributed by atoms with van der Waals surface area (Å²) < 4.78 is 5.44. The summed E-state index contributed by atoms with van der Waals surface area (Å²) in [5.41, 5.74) is -1.36. The van der Waals surface area contributed by atoms with Crippen LogP contribution in [0.5, 0.6) is 0 Å². The molecule has 0 aromatic carbocycles. The van der Waals surface area contributed by atoms with Crippen LogP contribution >= 0.6 is 0 Å². The first kappa shape index (κ1) is 20.8. The third-order valence-corrected chi connectivity index (χ3v) is 5.88. The zero-order valence-electron chi connectivity index (χ0n) is 17.5. The van der Waals surface area contributed by atoms with Crippen molar-refractivity contribution in [3.63, 3.8) is 0 Å². The Balaban J connectivity index is 2.79. The molecular formula is C19H36N4O3. The van der Waals surface area contributed by atoms with Gasteiger partial charge in [-0.15, -0.1) is 0 Å². The van der Waals surface area contributed by atoms with E-state index in [0.29, 0.717) is 32.0 Å². The lowest BCUT2D eigenvalue weighted by molar-refractivity contribution is -0.0965. The van der Waals surface area contributed by atoms with Crippen LogP contribution < -0.4 is 0 Å². The Hall–Kier alpha value is -1.50. The van der Waals surface area contributed by atoms with Crippen LogP contribution in [0.25, 0.3) is 0 Å². The molecule has 2 unspecified atom stereocenters. The number of hydrogen-bond donors (Lipinski definition) is 0. The lowest BCUT2D eigenvalue weighted by atomic mass is 9.84. The lowest BCUT2D eigenvalue weighted by Crippen LogP contribution is -2.68. The predicted octanol–water partition coefficient (Wildman–Crippen LogP) is 3.36. The van der Waals surface area contributed by atoms with Gasteiger partial charge in [0.05, 0.1) is 0 Å². The van der Waals surface area contributed by atoms with Gasteiger partial charge in [0.2, 0.25) is 0 Å². The molecule has 2 aliphatic rings. The number of carbonyl (C=O) groups is 2. The van der Waals surface area contributed by atoms with Gasteiger partial charge in [-0.05, 0) is 32.6 Å². The first-order chi connectivity index (χ1) is 12.3. The third-order valence-electron chi connectivity index (χ3n) is 5.88. The Morgan fingerprint density at radius 1 is 0.885 bits per heavy atom. The number of urea groups is 2. The van der Waals surface area contributed by atoms with Gasteiger partial charge in [-0.1, -0.05) is 34.1 Å². The summed E-state index contributed by atoms with van der Waals surface area (Å²) in [5, 5.41) is 0. The van der Waals surface area contributed by atoms with Crippen molar-refractivity contribution in [2.45, 2.75) is 72.1 Å². The second kappa shape index (κ2) is 7.62. The SMILES string of the molecule is CCCC12N(COC)C(=O)N(CC)C1(CC)N(CC)C(=O)N2CC(C)C. The largest absolute Gasteiger partial charge is 0.364 e. The molecule has 4 amide bonds. The van der Waals surface area contributed by atoms with E-state index < -0.39 is 11.3 Å². The van der Waals surface area contributed by atoms with E-state index in [4.69, 9.17) is 4.74 Å². The molecule has 2 atom stereocenters. The maximum Gasteiger partial charge on any atom is 0.325 e. The molecule has 2 fully saturated rings. The quantitative estimate of drug-likeness (QED) is 0.627. The van der Waals surface area contributed by atoms with Gasteiger partial charge < -0.3 is 4.74 Å². The normalized spacial score (nSPS) is 28.8. The van der Waals surface area contributed by atoms with E-state index in [0.717, 1.165) is 12.8 Å². The van der Waals surface area contributed by atoms with Crippen molar-refractivity contribution in [2.24, 2.45) is 5.92 Å². The van der Waals surface area contributed by atoms with Gasteiger partial charge in [0.15, 0.2) is 11.3 Å². The monoisotopic (exact) mass is 368 g/mol. The second-order valence-electron chi connectivity index (χ2n) is 7.64. The van der Waals surface area contributed by atoms with Crippen LogP contribution in [0.3, 0.4) is 0 Å². The van der Waals surface area contributed by atoms with Crippen molar-refractivity contribution in [3.8, 4) is 0 Å². The van der Waals surface area contributed by atoms with Gasteiger partial charge in [0.25, 0.3) is 0 Å². The highest BCUT2D eigenvalue weighted by Gasteiger charge is 2.76. The van der Waals surface area contributed by atoms with Gasteiger partial charge >= 0.3 is 12.1 Å².